The number of ether oxygens (including phenoxy) is 3. The van der Waals surface area contributed by atoms with Gasteiger partial charge in [-0.05, 0) is 20.3 Å². The van der Waals surface area contributed by atoms with Crippen LogP contribution in [0.25, 0.3) is 11.2 Å². The molecule has 3 aliphatic rings. The van der Waals surface area contributed by atoms with Crippen LogP contribution in [0.1, 0.15) is 26.5 Å². The van der Waals surface area contributed by atoms with Crippen LogP contribution in [0.5, 0.6) is 0 Å². The van der Waals surface area contributed by atoms with Gasteiger partial charge in [-0.15, -0.1) is 0 Å². The standard InChI is InChI=1S/C15H19N5O4/c1-14(2)22-9-10(23-14)15(3-7(15)4-21)24-13(9)20-6-19-8-11(16)17-5-18-12(8)20/h5-7,9-10,13,21H,3-4H2,1-2H3,(H2,16,17,18)/t7?,9-,10?,13?,15+/m0/s1. The average Bonchev–Trinajstić information content (AvgIpc) is 2.78. The van der Waals surface area contributed by atoms with E-state index >= 15 is 0 Å². The summed E-state index contributed by atoms with van der Waals surface area (Å²) in [5.41, 5.74) is 6.49. The third kappa shape index (κ3) is 1.75. The Balaban J connectivity index is 1.59. The SMILES string of the molecule is CC1(C)OC2[C@H](O1)C(n1cnc3c(N)ncnc31)O[C@@]21CC1CO. The second-order valence-electron chi connectivity index (χ2n) is 7.15. The lowest BCUT2D eigenvalue weighted by Crippen LogP contribution is -2.33. The number of imidazole rings is 1. The summed E-state index contributed by atoms with van der Waals surface area (Å²) in [6, 6.07) is 0. The minimum Gasteiger partial charge on any atom is -0.396 e. The minimum absolute atomic E-state index is 0.0574. The average molecular weight is 333 g/mol. The summed E-state index contributed by atoms with van der Waals surface area (Å²) in [7, 11) is 0. The number of aliphatic hydroxyl groups excluding tert-OH is 1. The molecule has 9 nitrogen and oxygen atoms in total. The predicted octanol–water partition coefficient (Wildman–Crippen LogP) is 0.208. The van der Waals surface area contributed by atoms with Gasteiger partial charge in [0.25, 0.3) is 0 Å². The fourth-order valence-corrected chi connectivity index (χ4v) is 4.04. The van der Waals surface area contributed by atoms with Gasteiger partial charge >= 0.3 is 0 Å². The first-order valence-electron chi connectivity index (χ1n) is 8.02. The third-order valence-corrected chi connectivity index (χ3v) is 5.21. The summed E-state index contributed by atoms with van der Waals surface area (Å²) in [5.74, 6) is -0.314. The Bertz CT molecular complexity index is 823. The molecular formula is C15H19N5O4. The van der Waals surface area contributed by atoms with E-state index in [2.05, 4.69) is 15.0 Å². The maximum atomic E-state index is 9.57. The number of fused-ring (bicyclic) bond motifs is 3. The van der Waals surface area contributed by atoms with Gasteiger partial charge in [-0.2, -0.15) is 0 Å². The molecule has 0 radical (unpaired) electrons. The first-order chi connectivity index (χ1) is 11.5. The van der Waals surface area contributed by atoms with Crippen LogP contribution in [0.2, 0.25) is 0 Å². The molecule has 9 heteroatoms. The molecule has 2 aromatic heterocycles. The van der Waals surface area contributed by atoms with Crippen LogP contribution in [-0.2, 0) is 14.2 Å². The Labute approximate surface area is 137 Å². The van der Waals surface area contributed by atoms with Gasteiger partial charge in [0.2, 0.25) is 0 Å². The molecule has 2 aliphatic heterocycles. The molecule has 4 heterocycles. The van der Waals surface area contributed by atoms with E-state index in [0.29, 0.717) is 17.0 Å². The summed E-state index contributed by atoms with van der Waals surface area (Å²) in [5, 5.41) is 9.57. The molecule has 3 fully saturated rings. The molecular weight excluding hydrogens is 314 g/mol. The molecule has 0 bridgehead atoms. The lowest BCUT2D eigenvalue weighted by Gasteiger charge is -2.25. The van der Waals surface area contributed by atoms with Gasteiger partial charge in [0.1, 0.15) is 29.7 Å². The highest BCUT2D eigenvalue weighted by Crippen LogP contribution is 2.62. The Hall–Kier alpha value is -1.81. The lowest BCUT2D eigenvalue weighted by atomic mass is 10.1. The van der Waals surface area contributed by atoms with E-state index in [0.717, 1.165) is 6.42 Å². The maximum Gasteiger partial charge on any atom is 0.167 e. The van der Waals surface area contributed by atoms with E-state index < -0.39 is 17.6 Å². The number of aliphatic hydroxyl groups is 1. The van der Waals surface area contributed by atoms with Crippen molar-refractivity contribution in [2.75, 3.05) is 12.3 Å². The molecule has 1 saturated carbocycles. The van der Waals surface area contributed by atoms with Crippen LogP contribution in [0.15, 0.2) is 12.7 Å². The molecule has 1 spiro atoms. The number of nitrogens with zero attached hydrogens (tertiary/aromatic N) is 4. The van der Waals surface area contributed by atoms with Gasteiger partial charge < -0.3 is 25.1 Å². The molecule has 0 aromatic carbocycles. The molecule has 5 atom stereocenters. The predicted molar refractivity (Wildman–Crippen MR) is 81.6 cm³/mol. The van der Waals surface area contributed by atoms with Gasteiger partial charge in [0.05, 0.1) is 6.33 Å². The summed E-state index contributed by atoms with van der Waals surface area (Å²) in [6.45, 7) is 3.84. The number of hydrogen-bond acceptors (Lipinski definition) is 8. The summed E-state index contributed by atoms with van der Waals surface area (Å²) in [4.78, 5) is 12.6. The fraction of sp³-hybridized carbons (Fsp3) is 0.667. The third-order valence-electron chi connectivity index (χ3n) is 5.21. The number of rotatable bonds is 2. The Morgan fingerprint density at radius 3 is 2.88 bits per heavy atom. The van der Waals surface area contributed by atoms with Crippen molar-refractivity contribution in [3.63, 3.8) is 0 Å². The molecule has 128 valence electrons. The fourth-order valence-electron chi connectivity index (χ4n) is 4.04. The maximum absolute atomic E-state index is 9.57. The Morgan fingerprint density at radius 1 is 1.29 bits per heavy atom. The smallest absolute Gasteiger partial charge is 0.167 e. The topological polar surface area (TPSA) is 118 Å². The van der Waals surface area contributed by atoms with E-state index in [1.807, 2.05) is 18.4 Å². The van der Waals surface area contributed by atoms with Crippen molar-refractivity contribution in [3.8, 4) is 0 Å². The van der Waals surface area contributed by atoms with Crippen molar-refractivity contribution < 1.29 is 19.3 Å². The van der Waals surface area contributed by atoms with Crippen LogP contribution in [-0.4, -0.2) is 54.8 Å². The number of hydrogen-bond donors (Lipinski definition) is 2. The summed E-state index contributed by atoms with van der Waals surface area (Å²) >= 11 is 0. The molecule has 24 heavy (non-hydrogen) atoms. The van der Waals surface area contributed by atoms with Gasteiger partial charge in [0, 0.05) is 12.5 Å². The zero-order valence-corrected chi connectivity index (χ0v) is 13.4. The van der Waals surface area contributed by atoms with Crippen LogP contribution in [0.3, 0.4) is 0 Å². The van der Waals surface area contributed by atoms with E-state index in [1.54, 1.807) is 6.33 Å². The highest BCUT2D eigenvalue weighted by atomic mass is 16.8. The van der Waals surface area contributed by atoms with Crippen molar-refractivity contribution in [1.29, 1.82) is 0 Å². The van der Waals surface area contributed by atoms with E-state index in [1.165, 1.54) is 6.33 Å². The normalized spacial score (nSPS) is 39.6. The monoisotopic (exact) mass is 333 g/mol. The molecule has 0 amide bonds. The van der Waals surface area contributed by atoms with E-state index in [-0.39, 0.29) is 24.7 Å². The van der Waals surface area contributed by atoms with Crippen molar-refractivity contribution in [1.82, 2.24) is 19.5 Å². The van der Waals surface area contributed by atoms with Crippen LogP contribution < -0.4 is 5.73 Å². The van der Waals surface area contributed by atoms with Crippen molar-refractivity contribution in [2.45, 2.75) is 50.1 Å². The number of aromatic nitrogens is 4. The number of anilines is 1. The highest BCUT2D eigenvalue weighted by Gasteiger charge is 2.73. The Kier molecular flexibility index (Phi) is 2.68. The summed E-state index contributed by atoms with van der Waals surface area (Å²) in [6.07, 6.45) is 2.83. The Morgan fingerprint density at radius 2 is 2.12 bits per heavy atom. The largest absolute Gasteiger partial charge is 0.396 e. The van der Waals surface area contributed by atoms with Crippen molar-refractivity contribution >= 4 is 17.0 Å². The zero-order valence-electron chi connectivity index (χ0n) is 13.4. The van der Waals surface area contributed by atoms with Crippen molar-refractivity contribution in [2.24, 2.45) is 5.92 Å². The highest BCUT2D eigenvalue weighted by molar-refractivity contribution is 5.81. The zero-order chi connectivity index (χ0) is 16.7. The first-order valence-corrected chi connectivity index (χ1v) is 8.02. The summed E-state index contributed by atoms with van der Waals surface area (Å²) < 4.78 is 20.3. The second kappa shape index (κ2) is 4.42. The van der Waals surface area contributed by atoms with E-state index in [4.69, 9.17) is 19.9 Å². The van der Waals surface area contributed by atoms with Crippen LogP contribution in [0, 0.1) is 5.92 Å². The second-order valence-corrected chi connectivity index (χ2v) is 7.15. The molecule has 5 rings (SSSR count). The van der Waals surface area contributed by atoms with Gasteiger partial charge in [0.15, 0.2) is 23.5 Å². The molecule has 3 N–H and O–H groups in total. The van der Waals surface area contributed by atoms with Crippen molar-refractivity contribution in [3.05, 3.63) is 12.7 Å². The molecule has 2 aromatic rings. The first kappa shape index (κ1) is 14.5. The number of nitrogens with two attached hydrogens (primary N) is 1. The minimum atomic E-state index is -0.697. The van der Waals surface area contributed by atoms with E-state index in [9.17, 15) is 5.11 Å². The lowest BCUT2D eigenvalue weighted by molar-refractivity contribution is -0.204. The quantitative estimate of drug-likeness (QED) is 0.801. The van der Waals surface area contributed by atoms with Gasteiger partial charge in [-0.1, -0.05) is 0 Å². The van der Waals surface area contributed by atoms with Gasteiger partial charge in [-0.25, -0.2) is 15.0 Å². The van der Waals surface area contributed by atoms with Crippen LogP contribution in [0.4, 0.5) is 5.82 Å². The van der Waals surface area contributed by atoms with Gasteiger partial charge in [-0.3, -0.25) is 4.57 Å². The molecule has 2 saturated heterocycles. The molecule has 1 aliphatic carbocycles. The molecule has 3 unspecified atom stereocenters. The number of nitrogen functional groups attached to an aromatic ring is 1. The van der Waals surface area contributed by atoms with Crippen LogP contribution >= 0.6 is 0 Å².